The van der Waals surface area contributed by atoms with Crippen molar-refractivity contribution in [1.29, 1.82) is 0 Å². The fourth-order valence-corrected chi connectivity index (χ4v) is 3.45. The largest absolute Gasteiger partial charge is 0.495 e. The Labute approximate surface area is 159 Å². The molecule has 0 amide bonds. The second kappa shape index (κ2) is 6.62. The van der Waals surface area contributed by atoms with Gasteiger partial charge in [0.05, 0.1) is 25.5 Å². The maximum atomic E-state index is 14.5. The molecule has 0 unspecified atom stereocenters. The number of halogens is 2. The molecule has 10 heteroatoms. The number of ether oxygens (including phenoxy) is 1. The first-order valence-electron chi connectivity index (χ1n) is 9.21. The summed E-state index contributed by atoms with van der Waals surface area (Å²) in [5, 5.41) is 10.5. The lowest BCUT2D eigenvalue weighted by atomic mass is 10.2. The van der Waals surface area contributed by atoms with Crippen molar-refractivity contribution >= 4 is 11.6 Å². The van der Waals surface area contributed by atoms with Crippen molar-refractivity contribution in [3.63, 3.8) is 0 Å². The Morgan fingerprint density at radius 1 is 1.25 bits per heavy atom. The molecule has 1 saturated heterocycles. The average Bonchev–Trinajstić information content (AvgIpc) is 3.35. The number of nitrogens with one attached hydrogen (secondary N) is 2. The van der Waals surface area contributed by atoms with Gasteiger partial charge in [0.25, 0.3) is 0 Å². The summed E-state index contributed by atoms with van der Waals surface area (Å²) in [6.07, 6.45) is 3.64. The van der Waals surface area contributed by atoms with E-state index in [1.165, 1.54) is 6.20 Å². The first-order chi connectivity index (χ1) is 13.6. The molecule has 1 saturated carbocycles. The lowest BCUT2D eigenvalue weighted by molar-refractivity contribution is 0.342. The summed E-state index contributed by atoms with van der Waals surface area (Å²) in [5.74, 6) is 0.594. The van der Waals surface area contributed by atoms with E-state index in [1.807, 2.05) is 0 Å². The van der Waals surface area contributed by atoms with E-state index in [-0.39, 0.29) is 18.2 Å². The molecule has 8 nitrogen and oxygen atoms in total. The normalized spacial score (nSPS) is 22.0. The number of imidazole rings is 1. The van der Waals surface area contributed by atoms with Crippen molar-refractivity contribution in [2.45, 2.75) is 31.0 Å². The van der Waals surface area contributed by atoms with Crippen LogP contribution in [0.4, 0.5) is 14.7 Å². The van der Waals surface area contributed by atoms with Crippen molar-refractivity contribution in [2.75, 3.05) is 25.5 Å². The quantitative estimate of drug-likeness (QED) is 0.691. The fourth-order valence-electron chi connectivity index (χ4n) is 3.45. The van der Waals surface area contributed by atoms with Gasteiger partial charge in [-0.05, 0) is 12.8 Å². The summed E-state index contributed by atoms with van der Waals surface area (Å²) in [4.78, 5) is 12.5. The lowest BCUT2D eigenvalue weighted by Gasteiger charge is -2.14. The van der Waals surface area contributed by atoms with Crippen molar-refractivity contribution in [3.05, 3.63) is 30.0 Å². The topological polar surface area (TPSA) is 89.3 Å². The van der Waals surface area contributed by atoms with Crippen LogP contribution in [0.2, 0.25) is 0 Å². The number of anilines is 1. The summed E-state index contributed by atoms with van der Waals surface area (Å²) >= 11 is 0. The molecule has 0 aromatic carbocycles. The summed E-state index contributed by atoms with van der Waals surface area (Å²) in [6.45, 7) is 0.730. The molecule has 2 atom stereocenters. The highest BCUT2D eigenvalue weighted by atomic mass is 19.1. The van der Waals surface area contributed by atoms with E-state index in [0.717, 1.165) is 24.7 Å². The Morgan fingerprint density at radius 3 is 2.82 bits per heavy atom. The molecular formula is C18H19F2N7O. The summed E-state index contributed by atoms with van der Waals surface area (Å²) < 4.78 is 35.4. The number of hydrogen-bond donors (Lipinski definition) is 2. The Balaban J connectivity index is 1.55. The van der Waals surface area contributed by atoms with Gasteiger partial charge in [0.15, 0.2) is 11.5 Å². The van der Waals surface area contributed by atoms with Crippen LogP contribution in [-0.4, -0.2) is 57.0 Å². The first-order valence-corrected chi connectivity index (χ1v) is 9.21. The van der Waals surface area contributed by atoms with Crippen molar-refractivity contribution in [1.82, 2.24) is 29.9 Å². The van der Waals surface area contributed by atoms with Crippen LogP contribution in [-0.2, 0) is 0 Å². The third kappa shape index (κ3) is 2.93. The second-order valence-corrected chi connectivity index (χ2v) is 7.10. The molecule has 5 rings (SSSR count). The van der Waals surface area contributed by atoms with Crippen LogP contribution >= 0.6 is 0 Å². The van der Waals surface area contributed by atoms with Crippen LogP contribution in [0.25, 0.3) is 17.0 Å². The molecule has 3 aromatic heterocycles. The first kappa shape index (κ1) is 17.2. The minimum absolute atomic E-state index is 0.0609. The van der Waals surface area contributed by atoms with Crippen LogP contribution in [0.1, 0.15) is 24.5 Å². The van der Waals surface area contributed by atoms with Crippen molar-refractivity contribution in [3.8, 4) is 17.1 Å². The zero-order valence-electron chi connectivity index (χ0n) is 15.2. The number of fused-ring (bicyclic) bond motifs is 1. The third-order valence-corrected chi connectivity index (χ3v) is 5.11. The molecule has 0 spiro atoms. The Bertz CT molecular complexity index is 1040. The molecular weight excluding hydrogens is 368 g/mol. The Morgan fingerprint density at radius 2 is 2.11 bits per heavy atom. The van der Waals surface area contributed by atoms with Gasteiger partial charge in [-0.25, -0.2) is 28.2 Å². The van der Waals surface area contributed by atoms with E-state index in [1.54, 1.807) is 17.7 Å². The summed E-state index contributed by atoms with van der Waals surface area (Å²) in [6, 6.07) is 1.34. The molecule has 28 heavy (non-hydrogen) atoms. The van der Waals surface area contributed by atoms with Crippen molar-refractivity contribution < 1.29 is 13.5 Å². The van der Waals surface area contributed by atoms with E-state index >= 15 is 0 Å². The highest BCUT2D eigenvalue weighted by molar-refractivity contribution is 5.62. The number of alkyl halides is 1. The summed E-state index contributed by atoms with van der Waals surface area (Å²) in [7, 11) is 1.60. The van der Waals surface area contributed by atoms with Crippen LogP contribution in [0.3, 0.4) is 0 Å². The highest BCUT2D eigenvalue weighted by Crippen LogP contribution is 2.43. The van der Waals surface area contributed by atoms with Crippen molar-refractivity contribution in [2.24, 2.45) is 0 Å². The van der Waals surface area contributed by atoms with Gasteiger partial charge in [0, 0.05) is 25.1 Å². The number of hydrogen-bond acceptors (Lipinski definition) is 7. The zero-order chi connectivity index (χ0) is 19.3. The molecule has 2 N–H and O–H groups in total. The standard InChI is InChI=1S/C18H19F2N7O/c1-28-14-4-15-22-8-13(27(15)26-16(14)9-2-3-9)17-11(20)6-23-18(25-17)24-12-7-21-5-10(12)19/h4,6,8-10,12,21H,2-3,5,7H2,1H3,(H,23,24,25)/t10-,12-/m0/s1. The smallest absolute Gasteiger partial charge is 0.223 e. The van der Waals surface area contributed by atoms with E-state index in [2.05, 4.69) is 30.7 Å². The SMILES string of the molecule is COc1cc2ncc(-c3nc(N[C@H]4CNC[C@@H]4F)ncc3F)n2nc1C1CC1. The predicted molar refractivity (Wildman–Crippen MR) is 97.7 cm³/mol. The molecule has 2 fully saturated rings. The minimum Gasteiger partial charge on any atom is -0.495 e. The van der Waals surface area contributed by atoms with Gasteiger partial charge in [-0.3, -0.25) is 0 Å². The minimum atomic E-state index is -1.05. The predicted octanol–water partition coefficient (Wildman–Crippen LogP) is 1.93. The number of aromatic nitrogens is 5. The maximum Gasteiger partial charge on any atom is 0.223 e. The summed E-state index contributed by atoms with van der Waals surface area (Å²) in [5.41, 5.74) is 1.83. The third-order valence-electron chi connectivity index (χ3n) is 5.11. The number of rotatable bonds is 5. The van der Waals surface area contributed by atoms with Crippen LogP contribution < -0.4 is 15.4 Å². The van der Waals surface area contributed by atoms with E-state index in [0.29, 0.717) is 29.6 Å². The lowest BCUT2D eigenvalue weighted by Crippen LogP contribution is -2.30. The number of methoxy groups -OCH3 is 1. The monoisotopic (exact) mass is 387 g/mol. The molecule has 1 aliphatic carbocycles. The van der Waals surface area contributed by atoms with Crippen LogP contribution in [0.15, 0.2) is 18.5 Å². The second-order valence-electron chi connectivity index (χ2n) is 7.10. The molecule has 2 aliphatic rings. The molecule has 4 heterocycles. The van der Waals surface area contributed by atoms with E-state index in [4.69, 9.17) is 4.74 Å². The van der Waals surface area contributed by atoms with Gasteiger partial charge in [0.1, 0.15) is 29.0 Å². The zero-order valence-corrected chi connectivity index (χ0v) is 15.2. The van der Waals surface area contributed by atoms with E-state index < -0.39 is 18.0 Å². The molecule has 1 aliphatic heterocycles. The fraction of sp³-hybridized carbons (Fsp3) is 0.444. The Kier molecular flexibility index (Phi) is 4.08. The molecule has 146 valence electrons. The Hall–Kier alpha value is -2.88. The van der Waals surface area contributed by atoms with Gasteiger partial charge in [-0.2, -0.15) is 5.10 Å². The van der Waals surface area contributed by atoms with Gasteiger partial charge >= 0.3 is 0 Å². The van der Waals surface area contributed by atoms with Gasteiger partial charge in [0.2, 0.25) is 5.95 Å². The van der Waals surface area contributed by atoms with Gasteiger partial charge < -0.3 is 15.4 Å². The van der Waals surface area contributed by atoms with Gasteiger partial charge in [-0.15, -0.1) is 0 Å². The maximum absolute atomic E-state index is 14.5. The van der Waals surface area contributed by atoms with E-state index in [9.17, 15) is 8.78 Å². The molecule has 3 aromatic rings. The highest BCUT2D eigenvalue weighted by Gasteiger charge is 2.30. The van der Waals surface area contributed by atoms with Crippen LogP contribution in [0, 0.1) is 5.82 Å². The van der Waals surface area contributed by atoms with Gasteiger partial charge in [-0.1, -0.05) is 0 Å². The molecule has 0 bridgehead atoms. The average molecular weight is 387 g/mol. The number of nitrogens with zero attached hydrogens (tertiary/aromatic N) is 5. The molecule has 0 radical (unpaired) electrons. The van der Waals surface area contributed by atoms with Crippen LogP contribution in [0.5, 0.6) is 5.75 Å².